The van der Waals surface area contributed by atoms with E-state index in [9.17, 15) is 14.4 Å². The fourth-order valence-corrected chi connectivity index (χ4v) is 10.3. The van der Waals surface area contributed by atoms with Crippen LogP contribution in [-0.2, 0) is 14.3 Å². The van der Waals surface area contributed by atoms with E-state index in [1.165, 1.54) is 12.4 Å². The summed E-state index contributed by atoms with van der Waals surface area (Å²) in [5.41, 5.74) is 10.9. The summed E-state index contributed by atoms with van der Waals surface area (Å²) in [5, 5.41) is 15.4. The Balaban J connectivity index is 0.661. The fourth-order valence-electron chi connectivity index (χ4n) is 10.3. The molecule has 348 valence electrons. The van der Waals surface area contributed by atoms with Gasteiger partial charge >= 0.3 is 6.09 Å². The van der Waals surface area contributed by atoms with E-state index in [0.29, 0.717) is 83.5 Å². The maximum Gasteiger partial charge on any atom is 0.409 e. The largest absolute Gasteiger partial charge is 0.449 e. The number of hydrogen-bond donors (Lipinski definition) is 3. The average molecular weight is 904 g/mol. The number of aromatic nitrogens is 7. The minimum atomic E-state index is -0.553. The summed E-state index contributed by atoms with van der Waals surface area (Å²) in [6.07, 6.45) is 14.5. The van der Waals surface area contributed by atoms with E-state index in [-0.39, 0.29) is 48.0 Å². The lowest BCUT2D eigenvalue weighted by molar-refractivity contribution is -0.133. The van der Waals surface area contributed by atoms with Crippen LogP contribution >= 0.6 is 0 Å². The van der Waals surface area contributed by atoms with Crippen molar-refractivity contribution in [3.05, 3.63) is 54.1 Å². The Kier molecular flexibility index (Phi) is 12.3. The van der Waals surface area contributed by atoms with Gasteiger partial charge in [0, 0.05) is 81.8 Å². The number of carbonyl (C=O) groups is 3. The minimum Gasteiger partial charge on any atom is -0.449 e. The van der Waals surface area contributed by atoms with E-state index in [0.717, 1.165) is 101 Å². The van der Waals surface area contributed by atoms with E-state index in [2.05, 4.69) is 35.6 Å². The van der Waals surface area contributed by atoms with Gasteiger partial charge in [0.05, 0.1) is 23.2 Å². The number of carbonyl (C=O) groups excluding carboxylic acids is 3. The number of likely N-dealkylation sites (tertiary alicyclic amines) is 1. The lowest BCUT2D eigenvalue weighted by atomic mass is 9.83. The zero-order chi connectivity index (χ0) is 45.5. The summed E-state index contributed by atoms with van der Waals surface area (Å²) >= 11 is 0. The summed E-state index contributed by atoms with van der Waals surface area (Å²) < 4.78 is 28.9. The van der Waals surface area contributed by atoms with Crippen molar-refractivity contribution in [3.63, 3.8) is 0 Å². The van der Waals surface area contributed by atoms with Crippen LogP contribution < -0.4 is 21.3 Å². The van der Waals surface area contributed by atoms with E-state index in [4.69, 9.17) is 30.1 Å². The monoisotopic (exact) mass is 903 g/mol. The smallest absolute Gasteiger partial charge is 0.409 e. The van der Waals surface area contributed by atoms with Gasteiger partial charge in [-0.1, -0.05) is 5.16 Å². The van der Waals surface area contributed by atoms with E-state index in [1.54, 1.807) is 12.1 Å². The van der Waals surface area contributed by atoms with E-state index < -0.39 is 6.04 Å². The number of imide groups is 1. The number of halogens is 1. The van der Waals surface area contributed by atoms with Gasteiger partial charge in [-0.05, 0) is 114 Å². The van der Waals surface area contributed by atoms with Crippen molar-refractivity contribution in [2.45, 2.75) is 114 Å². The predicted molar refractivity (Wildman–Crippen MR) is 244 cm³/mol. The number of nitrogens with two attached hydrogens (primary N) is 1. The summed E-state index contributed by atoms with van der Waals surface area (Å²) in [7, 11) is 0. The Morgan fingerprint density at radius 1 is 0.924 bits per heavy atom. The molecule has 1 atom stereocenters. The van der Waals surface area contributed by atoms with Gasteiger partial charge in [-0.2, -0.15) is 5.10 Å². The van der Waals surface area contributed by atoms with Gasteiger partial charge in [-0.25, -0.2) is 33.8 Å². The first-order valence-corrected chi connectivity index (χ1v) is 23.7. The Morgan fingerprint density at radius 3 is 2.38 bits per heavy atom. The van der Waals surface area contributed by atoms with Crippen molar-refractivity contribution in [2.24, 2.45) is 5.92 Å². The molecule has 0 unspecified atom stereocenters. The second-order valence-electron chi connectivity index (χ2n) is 18.9. The average Bonchev–Trinajstić information content (AvgIpc) is 3.95. The minimum absolute atomic E-state index is 0.0324. The second kappa shape index (κ2) is 18.6. The number of fused-ring (bicyclic) bond motifs is 1. The number of amides is 3. The Hall–Kier alpha value is -6.24. The Morgan fingerprint density at radius 2 is 1.68 bits per heavy atom. The third kappa shape index (κ3) is 9.00. The Bertz CT molecular complexity index is 2570. The molecule has 4 N–H and O–H groups in total. The van der Waals surface area contributed by atoms with Crippen LogP contribution in [0.2, 0.25) is 0 Å². The van der Waals surface area contributed by atoms with Gasteiger partial charge in [0.1, 0.15) is 35.4 Å². The molecule has 2 saturated carbocycles. The molecule has 18 nitrogen and oxygen atoms in total. The first-order valence-electron chi connectivity index (χ1n) is 23.7. The molecular formula is C47H58FN13O5. The van der Waals surface area contributed by atoms with Crippen LogP contribution in [0, 0.1) is 11.7 Å². The molecule has 4 aromatic heterocycles. The van der Waals surface area contributed by atoms with E-state index >= 15 is 4.39 Å². The van der Waals surface area contributed by atoms with Crippen molar-refractivity contribution < 1.29 is 28.0 Å². The summed E-state index contributed by atoms with van der Waals surface area (Å²) in [6, 6.07) is 5.00. The molecule has 19 heteroatoms. The third-order valence-corrected chi connectivity index (χ3v) is 14.3. The number of nitrogens with one attached hydrogen (secondary N) is 2. The lowest BCUT2D eigenvalue weighted by Crippen LogP contribution is -2.51. The van der Waals surface area contributed by atoms with Gasteiger partial charge < -0.3 is 30.1 Å². The number of piperidine rings is 2. The van der Waals surface area contributed by atoms with Crippen molar-refractivity contribution in [1.29, 1.82) is 0 Å². The number of rotatable bonds is 12. The molecule has 0 bridgehead atoms. The van der Waals surface area contributed by atoms with Gasteiger partial charge in [0.15, 0.2) is 17.2 Å². The standard InChI is InChI=1S/C47H58FN13O5/c1-27(2)61-45-39(43(49)52-26-53-45)40(56-61)41-38(42(66-57-41)30-5-6-30)44-50-24-31(25-51-44)29-13-16-60(17-14-29)47(64)65-22-15-28-3-8-33(9-4-28)58-18-20-59(21-19-58)36-11-7-32(23-34(36)48)54-35-10-12-37(62)55-46(35)63/h7,11,23-30,33,35,54H,3-6,8-10,12-22H2,1-2H3,(H2,49,52,53)(H,55,62,63)/t28?,33?,35-/m1/s1. The van der Waals surface area contributed by atoms with Crippen molar-refractivity contribution >= 4 is 46.1 Å². The van der Waals surface area contributed by atoms with Gasteiger partial charge in [-0.15, -0.1) is 0 Å². The molecular weight excluding hydrogens is 846 g/mol. The van der Waals surface area contributed by atoms with Crippen LogP contribution in [0.5, 0.6) is 0 Å². The molecule has 3 aliphatic heterocycles. The molecule has 5 fully saturated rings. The highest BCUT2D eigenvalue weighted by Gasteiger charge is 2.37. The quantitative estimate of drug-likeness (QED) is 0.115. The van der Waals surface area contributed by atoms with Crippen molar-refractivity contribution in [1.82, 2.24) is 50.0 Å². The highest BCUT2D eigenvalue weighted by Crippen LogP contribution is 2.48. The van der Waals surface area contributed by atoms with E-state index in [1.807, 2.05) is 35.8 Å². The summed E-state index contributed by atoms with van der Waals surface area (Å²) in [6.45, 7) is 8.96. The maximum atomic E-state index is 15.3. The molecule has 0 radical (unpaired) electrons. The molecule has 0 spiro atoms. The van der Waals surface area contributed by atoms with Crippen LogP contribution in [0.25, 0.3) is 33.8 Å². The van der Waals surface area contributed by atoms with Crippen molar-refractivity contribution in [3.8, 4) is 22.8 Å². The van der Waals surface area contributed by atoms with Crippen LogP contribution in [0.1, 0.15) is 114 Å². The molecule has 5 aromatic rings. The highest BCUT2D eigenvalue weighted by atomic mass is 19.1. The maximum absolute atomic E-state index is 15.3. The fraction of sp³-hybridized carbons (Fsp3) is 0.553. The number of ether oxygens (including phenoxy) is 1. The molecule has 5 aliphatic rings. The van der Waals surface area contributed by atoms with Crippen LogP contribution in [0.15, 0.2) is 41.4 Å². The third-order valence-electron chi connectivity index (χ3n) is 14.3. The molecule has 10 rings (SSSR count). The number of anilines is 3. The molecule has 3 saturated heterocycles. The number of piperazine rings is 1. The zero-order valence-corrected chi connectivity index (χ0v) is 37.6. The molecule has 3 amide bonds. The molecule has 2 aliphatic carbocycles. The predicted octanol–water partition coefficient (Wildman–Crippen LogP) is 6.42. The number of nitrogen functional groups attached to an aromatic ring is 1. The van der Waals surface area contributed by atoms with Gasteiger partial charge in [-0.3, -0.25) is 19.8 Å². The Labute approximate surface area is 382 Å². The summed E-state index contributed by atoms with van der Waals surface area (Å²) in [5.74, 6) is 1.63. The number of nitrogens with zero attached hydrogens (tertiary/aromatic N) is 10. The molecule has 1 aromatic carbocycles. The summed E-state index contributed by atoms with van der Waals surface area (Å²) in [4.78, 5) is 61.7. The van der Waals surface area contributed by atoms with Crippen LogP contribution in [-0.4, -0.2) is 121 Å². The topological polar surface area (TPSA) is 216 Å². The van der Waals surface area contributed by atoms with Crippen molar-refractivity contribution in [2.75, 3.05) is 61.8 Å². The normalized spacial score (nSPS) is 22.3. The van der Waals surface area contributed by atoms with Gasteiger partial charge in [0.25, 0.3) is 0 Å². The number of benzene rings is 1. The lowest BCUT2D eigenvalue weighted by Gasteiger charge is -2.42. The van der Waals surface area contributed by atoms with Crippen LogP contribution in [0.4, 0.5) is 26.4 Å². The zero-order valence-electron chi connectivity index (χ0n) is 37.6. The van der Waals surface area contributed by atoms with Crippen LogP contribution in [0.3, 0.4) is 0 Å². The molecule has 7 heterocycles. The first-order chi connectivity index (χ1) is 32.1. The highest BCUT2D eigenvalue weighted by molar-refractivity contribution is 6.02. The second-order valence-corrected chi connectivity index (χ2v) is 18.9. The first kappa shape index (κ1) is 43.6. The van der Waals surface area contributed by atoms with Gasteiger partial charge in [0.2, 0.25) is 11.8 Å². The molecule has 66 heavy (non-hydrogen) atoms. The SMILES string of the molecule is CC(C)n1nc(-c2noc(C3CC3)c2-c2ncc(C3CCN(C(=O)OCCC4CCC(N5CCN(c6ccc(N[C@@H]7CCC(=O)NC7=O)cc6F)CC5)CC4)CC3)cn2)c2c(N)ncnc21. The number of hydrogen-bond acceptors (Lipinski definition) is 15.